The van der Waals surface area contributed by atoms with Crippen molar-refractivity contribution in [3.63, 3.8) is 0 Å². The molecule has 1 aromatic carbocycles. The predicted octanol–water partition coefficient (Wildman–Crippen LogP) is 1.64. The fraction of sp³-hybridized carbons (Fsp3) is 0.529. The summed E-state index contributed by atoms with van der Waals surface area (Å²) in [5.41, 5.74) is 0.387. The minimum absolute atomic E-state index is 0.313. The van der Waals surface area contributed by atoms with Crippen LogP contribution in [0.25, 0.3) is 0 Å². The molecule has 1 rings (SSSR count). The van der Waals surface area contributed by atoms with Gasteiger partial charge in [-0.15, -0.1) is 0 Å². The summed E-state index contributed by atoms with van der Waals surface area (Å²) in [5.74, 6) is 1.03. The first-order chi connectivity index (χ1) is 11.0. The van der Waals surface area contributed by atoms with Crippen LogP contribution in [0.15, 0.2) is 18.2 Å². The molecular weight excluding hydrogens is 296 g/mol. The normalized spacial score (nSPS) is 11.9. The number of ether oxygens (including phenoxy) is 2. The molecule has 0 spiro atoms. The first-order valence-electron chi connectivity index (χ1n) is 7.73. The summed E-state index contributed by atoms with van der Waals surface area (Å²) in [6.07, 6.45) is 1.37. The van der Waals surface area contributed by atoms with Crippen LogP contribution in [0.3, 0.4) is 0 Å². The van der Waals surface area contributed by atoms with Crippen LogP contribution in [0.4, 0.5) is 0 Å². The molecule has 0 heterocycles. The number of nitrogens with one attached hydrogen (secondary N) is 2. The molecule has 0 saturated heterocycles. The average Bonchev–Trinajstić information content (AvgIpc) is 2.53. The van der Waals surface area contributed by atoms with Crippen molar-refractivity contribution in [2.24, 2.45) is 5.92 Å². The lowest BCUT2D eigenvalue weighted by Crippen LogP contribution is -2.37. The highest BCUT2D eigenvalue weighted by Gasteiger charge is 2.18. The Morgan fingerprint density at radius 2 is 2.09 bits per heavy atom. The number of hydrogen-bond acceptors (Lipinski definition) is 5. The number of likely N-dealkylation sites (N-methyl/N-ethyl adjacent to an activating group) is 1. The van der Waals surface area contributed by atoms with Gasteiger partial charge in [-0.3, -0.25) is 4.79 Å². The van der Waals surface area contributed by atoms with Gasteiger partial charge in [0.15, 0.2) is 0 Å². The van der Waals surface area contributed by atoms with Gasteiger partial charge in [0, 0.05) is 12.6 Å². The van der Waals surface area contributed by atoms with E-state index in [4.69, 9.17) is 9.47 Å². The van der Waals surface area contributed by atoms with Gasteiger partial charge in [0.25, 0.3) is 5.91 Å². The lowest BCUT2D eigenvalue weighted by atomic mass is 10.0. The van der Waals surface area contributed by atoms with Crippen LogP contribution < -0.4 is 20.1 Å². The number of amides is 1. The topological polar surface area (TPSA) is 76.7 Å². The number of methoxy groups -OCH3 is 1. The zero-order valence-corrected chi connectivity index (χ0v) is 14.2. The summed E-state index contributed by atoms with van der Waals surface area (Å²) in [4.78, 5) is 23.6. The maximum absolute atomic E-state index is 12.4. The third kappa shape index (κ3) is 6.28. The Hall–Kier alpha value is -2.08. The Kier molecular flexibility index (Phi) is 8.11. The number of carbonyl (C=O) groups excluding carboxylic acids is 2. The van der Waals surface area contributed by atoms with Crippen molar-refractivity contribution < 1.29 is 19.1 Å². The molecule has 23 heavy (non-hydrogen) atoms. The van der Waals surface area contributed by atoms with Gasteiger partial charge in [0.2, 0.25) is 0 Å². The summed E-state index contributed by atoms with van der Waals surface area (Å²) in [7, 11) is 3.38. The first-order valence-corrected chi connectivity index (χ1v) is 7.73. The molecule has 6 heteroatoms. The van der Waals surface area contributed by atoms with E-state index >= 15 is 0 Å². The second-order valence-corrected chi connectivity index (χ2v) is 5.66. The van der Waals surface area contributed by atoms with E-state index in [1.165, 1.54) is 0 Å². The smallest absolute Gasteiger partial charge is 0.255 e. The molecule has 0 bridgehead atoms. The van der Waals surface area contributed by atoms with Crippen LogP contribution in [0.5, 0.6) is 11.5 Å². The molecule has 0 aromatic heterocycles. The maximum atomic E-state index is 12.4. The molecule has 0 aliphatic carbocycles. The Morgan fingerprint density at radius 1 is 1.35 bits per heavy atom. The molecule has 1 amide bonds. The Morgan fingerprint density at radius 3 is 2.65 bits per heavy atom. The van der Waals surface area contributed by atoms with Gasteiger partial charge in [0.05, 0.1) is 18.7 Å². The molecule has 0 aliphatic heterocycles. The summed E-state index contributed by atoms with van der Waals surface area (Å²) in [5, 5.41) is 5.71. The fourth-order valence-electron chi connectivity index (χ4n) is 2.10. The van der Waals surface area contributed by atoms with Crippen molar-refractivity contribution in [2.45, 2.75) is 26.3 Å². The molecule has 0 aliphatic rings. The van der Waals surface area contributed by atoms with Crippen molar-refractivity contribution in [1.82, 2.24) is 10.6 Å². The predicted molar refractivity (Wildman–Crippen MR) is 89.2 cm³/mol. The van der Waals surface area contributed by atoms with Crippen molar-refractivity contribution in [2.75, 3.05) is 27.3 Å². The lowest BCUT2D eigenvalue weighted by molar-refractivity contribution is -0.109. The monoisotopic (exact) mass is 322 g/mol. The second kappa shape index (κ2) is 9.84. The maximum Gasteiger partial charge on any atom is 0.255 e. The van der Waals surface area contributed by atoms with E-state index in [-0.39, 0.29) is 5.91 Å². The average molecular weight is 322 g/mol. The van der Waals surface area contributed by atoms with Crippen molar-refractivity contribution in [3.8, 4) is 11.5 Å². The summed E-state index contributed by atoms with van der Waals surface area (Å²) < 4.78 is 10.8. The van der Waals surface area contributed by atoms with Crippen molar-refractivity contribution in [1.29, 1.82) is 0 Å². The Balaban J connectivity index is 2.90. The molecule has 0 unspecified atom stereocenters. The van der Waals surface area contributed by atoms with Gasteiger partial charge in [-0.05, 0) is 31.5 Å². The minimum Gasteiger partial charge on any atom is -0.497 e. The minimum atomic E-state index is -0.505. The summed E-state index contributed by atoms with van der Waals surface area (Å²) in [6.45, 7) is 5.08. The number of benzene rings is 1. The summed E-state index contributed by atoms with van der Waals surface area (Å²) in [6, 6.07) is 4.50. The molecule has 0 saturated carbocycles. The Labute approximate surface area is 137 Å². The number of carbonyl (C=O) groups is 2. The quantitative estimate of drug-likeness (QED) is 0.506. The van der Waals surface area contributed by atoms with Gasteiger partial charge < -0.3 is 24.9 Å². The third-order valence-corrected chi connectivity index (χ3v) is 3.25. The van der Waals surface area contributed by atoms with E-state index < -0.39 is 6.04 Å². The molecule has 128 valence electrons. The highest BCUT2D eigenvalue weighted by molar-refractivity contribution is 5.98. The summed E-state index contributed by atoms with van der Waals surface area (Å²) >= 11 is 0. The molecule has 1 aromatic rings. The zero-order valence-electron chi connectivity index (χ0n) is 14.2. The number of rotatable bonds is 10. The van der Waals surface area contributed by atoms with Crippen molar-refractivity contribution >= 4 is 12.2 Å². The standard InChI is InChI=1S/C17H26N2O4/c1-12(2)9-13(11-20)19-17(21)15-6-5-14(22-4)10-16(15)23-8-7-18-3/h5-6,10-13,18H,7-9H2,1-4H3,(H,19,21)/t13-/m0/s1. The van der Waals surface area contributed by atoms with Crippen LogP contribution in [-0.4, -0.2) is 45.5 Å². The number of aldehydes is 1. The molecule has 2 N–H and O–H groups in total. The van der Waals surface area contributed by atoms with Gasteiger partial charge in [-0.2, -0.15) is 0 Å². The van der Waals surface area contributed by atoms with Crippen molar-refractivity contribution in [3.05, 3.63) is 23.8 Å². The largest absolute Gasteiger partial charge is 0.497 e. The second-order valence-electron chi connectivity index (χ2n) is 5.66. The highest BCUT2D eigenvalue weighted by atomic mass is 16.5. The van der Waals surface area contributed by atoms with Crippen LogP contribution >= 0.6 is 0 Å². The fourth-order valence-corrected chi connectivity index (χ4v) is 2.10. The molecule has 0 fully saturated rings. The van der Waals surface area contributed by atoms with E-state index in [2.05, 4.69) is 10.6 Å². The van der Waals surface area contributed by atoms with E-state index in [0.717, 1.165) is 6.29 Å². The van der Waals surface area contributed by atoms with Gasteiger partial charge in [0.1, 0.15) is 24.4 Å². The van der Waals surface area contributed by atoms with Crippen LogP contribution in [0.2, 0.25) is 0 Å². The molecular formula is C17H26N2O4. The lowest BCUT2D eigenvalue weighted by Gasteiger charge is -2.17. The SMILES string of the molecule is CNCCOc1cc(OC)ccc1C(=O)N[C@H](C=O)CC(C)C. The van der Waals surface area contributed by atoms with Gasteiger partial charge >= 0.3 is 0 Å². The molecule has 1 atom stereocenters. The van der Waals surface area contributed by atoms with Crippen LogP contribution in [0, 0.1) is 5.92 Å². The van der Waals surface area contributed by atoms with Crippen LogP contribution in [0.1, 0.15) is 30.6 Å². The zero-order chi connectivity index (χ0) is 17.2. The van der Waals surface area contributed by atoms with Gasteiger partial charge in [-0.1, -0.05) is 13.8 Å². The molecule has 6 nitrogen and oxygen atoms in total. The first kappa shape index (κ1) is 19.0. The van der Waals surface area contributed by atoms with E-state index in [0.29, 0.717) is 42.6 Å². The third-order valence-electron chi connectivity index (χ3n) is 3.25. The Bertz CT molecular complexity index is 517. The highest BCUT2D eigenvalue weighted by Crippen LogP contribution is 2.25. The number of hydrogen-bond donors (Lipinski definition) is 2. The molecule has 0 radical (unpaired) electrons. The van der Waals surface area contributed by atoms with E-state index in [9.17, 15) is 9.59 Å². The van der Waals surface area contributed by atoms with Gasteiger partial charge in [-0.25, -0.2) is 0 Å². The van der Waals surface area contributed by atoms with Crippen LogP contribution in [-0.2, 0) is 4.79 Å². The van der Waals surface area contributed by atoms with E-state index in [1.54, 1.807) is 25.3 Å². The van der Waals surface area contributed by atoms with E-state index in [1.807, 2.05) is 20.9 Å².